The van der Waals surface area contributed by atoms with Crippen molar-refractivity contribution in [3.05, 3.63) is 60.8 Å². The quantitative estimate of drug-likeness (QED) is 0.0414. The number of likely N-dealkylation sites (N-methyl/N-ethyl adjacent to an activating group) is 1. The van der Waals surface area contributed by atoms with Crippen LogP contribution < -0.4 is 5.32 Å². The maximum atomic E-state index is 12.6. The van der Waals surface area contributed by atoms with Crippen LogP contribution >= 0.6 is 7.82 Å². The van der Waals surface area contributed by atoms with Gasteiger partial charge in [-0.2, -0.15) is 0 Å². The van der Waals surface area contributed by atoms with Gasteiger partial charge in [0, 0.05) is 6.42 Å². The van der Waals surface area contributed by atoms with Gasteiger partial charge in [-0.05, 0) is 38.5 Å². The van der Waals surface area contributed by atoms with Crippen molar-refractivity contribution in [2.45, 2.75) is 103 Å². The molecule has 1 amide bonds. The van der Waals surface area contributed by atoms with E-state index in [1.165, 1.54) is 0 Å². The van der Waals surface area contributed by atoms with Crippen LogP contribution in [-0.2, 0) is 18.4 Å². The Labute approximate surface area is 256 Å². The number of rotatable bonds is 26. The number of aliphatic hydroxyl groups excluding tert-OH is 1. The predicted molar refractivity (Wildman–Crippen MR) is 175 cm³/mol. The van der Waals surface area contributed by atoms with E-state index >= 15 is 0 Å². The molecule has 0 aliphatic carbocycles. The predicted octanol–water partition coefficient (Wildman–Crippen LogP) is 7.17. The van der Waals surface area contributed by atoms with Gasteiger partial charge < -0.3 is 19.8 Å². The van der Waals surface area contributed by atoms with Gasteiger partial charge in [-0.1, -0.05) is 107 Å². The first-order chi connectivity index (χ1) is 20.0. The molecule has 3 N–H and O–H groups in total. The first kappa shape index (κ1) is 40.2. The molecule has 3 unspecified atom stereocenters. The number of unbranched alkanes of at least 4 members (excludes halogenated alkanes) is 4. The molecule has 8 nitrogen and oxygen atoms in total. The lowest BCUT2D eigenvalue weighted by Crippen LogP contribution is -2.46. The number of allylic oxidation sites excluding steroid dienone is 9. The van der Waals surface area contributed by atoms with Crippen LogP contribution in [0.5, 0.6) is 0 Å². The summed E-state index contributed by atoms with van der Waals surface area (Å²) in [7, 11) is 1.54. The number of amides is 1. The van der Waals surface area contributed by atoms with Crippen molar-refractivity contribution in [2.24, 2.45) is 0 Å². The van der Waals surface area contributed by atoms with E-state index in [1.54, 1.807) is 6.08 Å². The fourth-order valence-corrected chi connectivity index (χ4v) is 4.49. The molecule has 0 aromatic heterocycles. The van der Waals surface area contributed by atoms with Crippen LogP contribution in [0, 0.1) is 0 Å². The maximum absolute atomic E-state index is 12.6. The topological polar surface area (TPSA) is 105 Å². The minimum absolute atomic E-state index is 0.0539. The molecular formula is C33H60N2O6P+. The van der Waals surface area contributed by atoms with Crippen molar-refractivity contribution in [3.63, 3.8) is 0 Å². The average molecular weight is 612 g/mol. The van der Waals surface area contributed by atoms with Crippen molar-refractivity contribution in [1.29, 1.82) is 0 Å². The molecule has 0 aliphatic heterocycles. The fraction of sp³-hybridized carbons (Fsp3) is 0.667. The van der Waals surface area contributed by atoms with Gasteiger partial charge in [0.2, 0.25) is 5.91 Å². The molecule has 0 spiro atoms. The zero-order chi connectivity index (χ0) is 31.5. The van der Waals surface area contributed by atoms with Crippen molar-refractivity contribution in [1.82, 2.24) is 5.32 Å². The number of carbonyl (C=O) groups excluding carboxylic acids is 1. The number of nitrogens with zero attached hydrogens (tertiary/aromatic N) is 1. The third kappa shape index (κ3) is 27.1. The molecule has 0 radical (unpaired) electrons. The number of hydrogen-bond acceptors (Lipinski definition) is 5. The molecule has 0 aliphatic rings. The highest BCUT2D eigenvalue weighted by Gasteiger charge is 2.28. The number of hydrogen-bond donors (Lipinski definition) is 3. The monoisotopic (exact) mass is 611 g/mol. The molecule has 9 heteroatoms. The maximum Gasteiger partial charge on any atom is 0.472 e. The third-order valence-electron chi connectivity index (χ3n) is 6.31. The standard InChI is InChI=1S/C33H59N2O6P/c1-6-8-10-12-13-14-15-16-17-18-19-20-21-23-25-27-33(37)34-31(32(36)26-24-22-11-9-7-2)30-41-42(38,39)40-29-28-35(3,4)5/h8,10,13-14,16-17,19-20,23,25,31-32,36H,6-7,9,11-12,15,18,21-22,24,26-30H2,1-5H3,(H-,34,37,38,39)/p+1/b10-8-,14-13-,17-16-,20-19-,25-23-. The molecule has 0 saturated carbocycles. The molecule has 42 heavy (non-hydrogen) atoms. The van der Waals surface area contributed by atoms with Crippen molar-refractivity contribution in [3.8, 4) is 0 Å². The number of quaternary nitrogens is 1. The fourth-order valence-electron chi connectivity index (χ4n) is 3.76. The van der Waals surface area contributed by atoms with E-state index in [9.17, 15) is 19.4 Å². The normalized spacial score (nSPS) is 15.9. The first-order valence-electron chi connectivity index (χ1n) is 15.7. The van der Waals surface area contributed by atoms with Crippen LogP contribution in [0.2, 0.25) is 0 Å². The summed E-state index contributed by atoms with van der Waals surface area (Å²) in [6.45, 7) is 4.54. The molecule has 0 saturated heterocycles. The molecule has 0 heterocycles. The Kier molecular flexibility index (Phi) is 24.6. The highest BCUT2D eigenvalue weighted by molar-refractivity contribution is 7.47. The van der Waals surface area contributed by atoms with Crippen LogP contribution in [0.4, 0.5) is 0 Å². The van der Waals surface area contributed by atoms with Crippen molar-refractivity contribution < 1.29 is 32.9 Å². The SMILES string of the molecule is CC/C=C\C/C=C\C/C=C\C/C=C\C/C=C\CC(=O)NC(COP(=O)(O)OCC[N+](C)(C)C)C(O)CCCCCCC. The van der Waals surface area contributed by atoms with Gasteiger partial charge in [-0.25, -0.2) is 4.57 Å². The van der Waals surface area contributed by atoms with Crippen LogP contribution in [0.3, 0.4) is 0 Å². The molecular weight excluding hydrogens is 551 g/mol. The third-order valence-corrected chi connectivity index (χ3v) is 7.29. The van der Waals surface area contributed by atoms with E-state index in [4.69, 9.17) is 9.05 Å². The molecule has 0 rings (SSSR count). The lowest BCUT2D eigenvalue weighted by Gasteiger charge is -2.26. The lowest BCUT2D eigenvalue weighted by atomic mass is 10.0. The van der Waals surface area contributed by atoms with Gasteiger partial charge >= 0.3 is 7.82 Å². The van der Waals surface area contributed by atoms with E-state index in [2.05, 4.69) is 67.8 Å². The van der Waals surface area contributed by atoms with Gasteiger partial charge in [-0.3, -0.25) is 13.8 Å². The van der Waals surface area contributed by atoms with Gasteiger partial charge in [-0.15, -0.1) is 0 Å². The average Bonchev–Trinajstić information content (AvgIpc) is 2.92. The Morgan fingerprint density at radius 3 is 1.86 bits per heavy atom. The smallest absolute Gasteiger partial charge is 0.391 e. The summed E-state index contributed by atoms with van der Waals surface area (Å²) in [6, 6.07) is -0.811. The van der Waals surface area contributed by atoms with Crippen molar-refractivity contribution in [2.75, 3.05) is 40.9 Å². The van der Waals surface area contributed by atoms with E-state index in [0.29, 0.717) is 17.4 Å². The van der Waals surface area contributed by atoms with Gasteiger partial charge in [0.1, 0.15) is 13.2 Å². The molecule has 242 valence electrons. The van der Waals surface area contributed by atoms with E-state index < -0.39 is 20.0 Å². The van der Waals surface area contributed by atoms with E-state index in [0.717, 1.165) is 64.2 Å². The Hall–Kier alpha value is -1.80. The van der Waals surface area contributed by atoms with Crippen LogP contribution in [0.1, 0.15) is 90.9 Å². The van der Waals surface area contributed by atoms with Gasteiger partial charge in [0.05, 0.1) is 39.9 Å². The minimum atomic E-state index is -4.31. The summed E-state index contributed by atoms with van der Waals surface area (Å²) in [5.41, 5.74) is 0. The van der Waals surface area contributed by atoms with E-state index in [1.807, 2.05) is 27.2 Å². The minimum Gasteiger partial charge on any atom is -0.391 e. The Balaban J connectivity index is 4.63. The number of phosphoric ester groups is 1. The highest BCUT2D eigenvalue weighted by Crippen LogP contribution is 2.43. The molecule has 0 bridgehead atoms. The van der Waals surface area contributed by atoms with Gasteiger partial charge in [0.25, 0.3) is 0 Å². The van der Waals surface area contributed by atoms with Crippen molar-refractivity contribution >= 4 is 13.7 Å². The Morgan fingerprint density at radius 1 is 0.810 bits per heavy atom. The largest absolute Gasteiger partial charge is 0.472 e. The Bertz CT molecular complexity index is 876. The Morgan fingerprint density at radius 2 is 1.33 bits per heavy atom. The summed E-state index contributed by atoms with van der Waals surface area (Å²) in [4.78, 5) is 22.7. The number of nitrogens with one attached hydrogen (secondary N) is 1. The van der Waals surface area contributed by atoms with E-state index in [-0.39, 0.29) is 25.5 Å². The molecule has 3 atom stereocenters. The summed E-state index contributed by atoms with van der Waals surface area (Å²) in [5, 5.41) is 13.5. The number of aliphatic hydroxyl groups is 1. The molecule has 0 fully saturated rings. The first-order valence-corrected chi connectivity index (χ1v) is 17.1. The zero-order valence-electron chi connectivity index (χ0n) is 27.0. The molecule has 0 aromatic rings. The highest BCUT2D eigenvalue weighted by atomic mass is 31.2. The van der Waals surface area contributed by atoms with Crippen LogP contribution in [0.15, 0.2) is 60.8 Å². The second-order valence-electron chi connectivity index (χ2n) is 11.5. The number of phosphoric acid groups is 1. The van der Waals surface area contributed by atoms with Crippen LogP contribution in [-0.4, -0.2) is 73.4 Å². The summed E-state index contributed by atoms with van der Waals surface area (Å²) < 4.78 is 23.2. The summed E-state index contributed by atoms with van der Waals surface area (Å²) >= 11 is 0. The molecule has 0 aromatic carbocycles. The number of carbonyl (C=O) groups is 1. The summed E-state index contributed by atoms with van der Waals surface area (Å²) in [6.07, 6.45) is 30.3. The zero-order valence-corrected chi connectivity index (χ0v) is 27.9. The lowest BCUT2D eigenvalue weighted by molar-refractivity contribution is -0.870. The summed E-state index contributed by atoms with van der Waals surface area (Å²) in [5.74, 6) is -0.284. The van der Waals surface area contributed by atoms with Crippen LogP contribution in [0.25, 0.3) is 0 Å². The second-order valence-corrected chi connectivity index (χ2v) is 12.9. The second kappa shape index (κ2) is 25.7. The van der Waals surface area contributed by atoms with Gasteiger partial charge in [0.15, 0.2) is 0 Å².